The van der Waals surface area contributed by atoms with E-state index in [1.54, 1.807) is 14.2 Å². The Labute approximate surface area is 249 Å². The molecule has 9 nitrogen and oxygen atoms in total. The van der Waals surface area contributed by atoms with Gasteiger partial charge in [-0.1, -0.05) is 59.6 Å². The van der Waals surface area contributed by atoms with E-state index in [-0.39, 0.29) is 22.8 Å². The zero-order chi connectivity index (χ0) is 31.4. The van der Waals surface area contributed by atoms with Crippen molar-refractivity contribution in [1.29, 1.82) is 0 Å². The van der Waals surface area contributed by atoms with Crippen LogP contribution in [0.15, 0.2) is 23.3 Å². The summed E-state index contributed by atoms with van der Waals surface area (Å²) < 4.78 is 23.5. The van der Waals surface area contributed by atoms with Crippen LogP contribution in [0.3, 0.4) is 0 Å². The van der Waals surface area contributed by atoms with Crippen LogP contribution in [-0.4, -0.2) is 59.0 Å². The lowest BCUT2D eigenvalue weighted by Crippen LogP contribution is -2.48. The zero-order valence-electron chi connectivity index (χ0n) is 27.3. The van der Waals surface area contributed by atoms with Gasteiger partial charge in [0.05, 0.1) is 31.8 Å². The molecule has 0 aromatic heterocycles. The second kappa shape index (κ2) is 17.0. The third-order valence-corrected chi connectivity index (χ3v) is 13.0. The zero-order valence-corrected chi connectivity index (χ0v) is 28.3. The summed E-state index contributed by atoms with van der Waals surface area (Å²) in [6, 6.07) is 5.49. The molecule has 0 aliphatic rings. The minimum atomic E-state index is -2.30. The maximum atomic E-state index is 12.2. The number of carbonyl (C=O) groups is 1. The fourth-order valence-electron chi connectivity index (χ4n) is 4.64. The average Bonchev–Trinajstić information content (AvgIpc) is 2.87. The number of azide groups is 1. The summed E-state index contributed by atoms with van der Waals surface area (Å²) in [6.45, 7) is 20.1. The quantitative estimate of drug-likeness (QED) is 0.0568. The molecule has 0 heterocycles. The molecule has 10 heteroatoms. The van der Waals surface area contributed by atoms with Crippen LogP contribution in [-0.2, 0) is 20.4 Å². The minimum Gasteiger partial charge on any atom is -0.493 e. The Hall–Kier alpha value is -2.26. The molecule has 0 aliphatic carbocycles. The number of aliphatic carboxylic acids is 1. The lowest BCUT2D eigenvalue weighted by atomic mass is 9.81. The first kappa shape index (κ1) is 36.8. The summed E-state index contributed by atoms with van der Waals surface area (Å²) in [6.07, 6.45) is 1.91. The first-order valence-electron chi connectivity index (χ1n) is 14.8. The first-order valence-corrected chi connectivity index (χ1v) is 17.7. The number of nitrogens with zero attached hydrogens (tertiary/aromatic N) is 3. The standard InChI is InChI=1S/C31H55N3O6Si/c1-21(2)24(17-23-13-14-27(38-9)29(18-23)39-16-12-15-37-8)19-26(33-34-32)28(20-25(22(3)4)30(35)36)40-41(10,11)31(5,6)7/h13-14,18,21-22,24-26,28H,12,15-17,19-20H2,1-11H3,(H,35,36)/t24-,25?,26-,28+/m0/s1. The van der Waals surface area contributed by atoms with Gasteiger partial charge in [-0.15, -0.1) is 0 Å². The molecule has 0 radical (unpaired) electrons. The highest BCUT2D eigenvalue weighted by atomic mass is 28.4. The summed E-state index contributed by atoms with van der Waals surface area (Å²) in [7, 11) is 0.996. The molecule has 1 N–H and O–H groups in total. The third-order valence-electron chi connectivity index (χ3n) is 8.45. The SMILES string of the molecule is COCCCOc1cc(C[C@@H](C[C@H](N=[N+]=[N-])[C@@H](CC(C(=O)O)C(C)C)O[Si](C)(C)C(C)(C)C)C(C)C)ccc1OC. The highest BCUT2D eigenvalue weighted by Crippen LogP contribution is 2.40. The number of ether oxygens (including phenoxy) is 3. The summed E-state index contributed by atoms with van der Waals surface area (Å²) in [5, 5.41) is 14.2. The Balaban J connectivity index is 3.37. The summed E-state index contributed by atoms with van der Waals surface area (Å²) in [5.74, 6) is 0.290. The molecule has 234 valence electrons. The molecule has 41 heavy (non-hydrogen) atoms. The van der Waals surface area contributed by atoms with Gasteiger partial charge in [0.2, 0.25) is 0 Å². The van der Waals surface area contributed by atoms with Crippen molar-refractivity contribution in [2.45, 2.75) is 104 Å². The van der Waals surface area contributed by atoms with E-state index in [4.69, 9.17) is 18.6 Å². The van der Waals surface area contributed by atoms with Crippen LogP contribution >= 0.6 is 0 Å². The Bertz CT molecular complexity index is 989. The van der Waals surface area contributed by atoms with Gasteiger partial charge in [-0.25, -0.2) is 0 Å². The van der Waals surface area contributed by atoms with Crippen LogP contribution in [0.5, 0.6) is 11.5 Å². The lowest BCUT2D eigenvalue weighted by Gasteiger charge is -2.42. The molecule has 4 atom stereocenters. The fourth-order valence-corrected chi connectivity index (χ4v) is 6.00. The average molecular weight is 594 g/mol. The highest BCUT2D eigenvalue weighted by Gasteiger charge is 2.42. The number of methoxy groups -OCH3 is 2. The van der Waals surface area contributed by atoms with Gasteiger partial charge >= 0.3 is 5.97 Å². The normalized spacial score (nSPS) is 15.2. The van der Waals surface area contributed by atoms with Gasteiger partial charge < -0.3 is 23.7 Å². The second-order valence-corrected chi connectivity index (χ2v) is 18.0. The molecule has 1 unspecified atom stereocenters. The molecule has 1 rings (SSSR count). The van der Waals surface area contributed by atoms with Gasteiger partial charge in [0.1, 0.15) is 0 Å². The van der Waals surface area contributed by atoms with Crippen molar-refractivity contribution >= 4 is 14.3 Å². The Morgan fingerprint density at radius 3 is 2.20 bits per heavy atom. The van der Waals surface area contributed by atoms with Crippen molar-refractivity contribution in [1.82, 2.24) is 0 Å². The van der Waals surface area contributed by atoms with Crippen molar-refractivity contribution in [2.24, 2.45) is 28.8 Å². The summed E-state index contributed by atoms with van der Waals surface area (Å²) in [4.78, 5) is 15.4. The first-order chi connectivity index (χ1) is 19.1. The minimum absolute atomic E-state index is 0.0766. The van der Waals surface area contributed by atoms with E-state index in [1.165, 1.54) is 0 Å². The second-order valence-electron chi connectivity index (χ2n) is 13.2. The molecule has 0 aliphatic heterocycles. The molecule has 0 bridgehead atoms. The van der Waals surface area contributed by atoms with E-state index >= 15 is 0 Å². The predicted molar refractivity (Wildman–Crippen MR) is 167 cm³/mol. The van der Waals surface area contributed by atoms with Crippen molar-refractivity contribution in [3.63, 3.8) is 0 Å². The Morgan fingerprint density at radius 2 is 1.71 bits per heavy atom. The molecule has 0 amide bonds. The van der Waals surface area contributed by atoms with E-state index in [2.05, 4.69) is 57.7 Å². The lowest BCUT2D eigenvalue weighted by molar-refractivity contribution is -0.144. The van der Waals surface area contributed by atoms with Gasteiger partial charge in [-0.2, -0.15) is 0 Å². The van der Waals surface area contributed by atoms with Crippen LogP contribution in [0.2, 0.25) is 18.1 Å². The maximum absolute atomic E-state index is 12.2. The van der Waals surface area contributed by atoms with Crippen molar-refractivity contribution < 1.29 is 28.5 Å². The van der Waals surface area contributed by atoms with Gasteiger partial charge in [-0.05, 0) is 78.4 Å². The van der Waals surface area contributed by atoms with Crippen LogP contribution in [0.25, 0.3) is 10.4 Å². The predicted octanol–water partition coefficient (Wildman–Crippen LogP) is 8.13. The highest BCUT2D eigenvalue weighted by molar-refractivity contribution is 6.74. The van der Waals surface area contributed by atoms with Crippen molar-refractivity contribution in [2.75, 3.05) is 27.4 Å². The van der Waals surface area contributed by atoms with Crippen LogP contribution in [0, 0.1) is 23.7 Å². The Morgan fingerprint density at radius 1 is 1.05 bits per heavy atom. The van der Waals surface area contributed by atoms with Crippen molar-refractivity contribution in [3.05, 3.63) is 34.2 Å². The van der Waals surface area contributed by atoms with Gasteiger partial charge in [0.15, 0.2) is 19.8 Å². The van der Waals surface area contributed by atoms with Crippen LogP contribution in [0.4, 0.5) is 0 Å². The number of benzene rings is 1. The van der Waals surface area contributed by atoms with Crippen LogP contribution in [0.1, 0.15) is 73.3 Å². The van der Waals surface area contributed by atoms with E-state index in [0.29, 0.717) is 37.6 Å². The monoisotopic (exact) mass is 593 g/mol. The number of carboxylic acid groups (broad SMARTS) is 1. The smallest absolute Gasteiger partial charge is 0.306 e. The largest absolute Gasteiger partial charge is 0.493 e. The fraction of sp³-hybridized carbons (Fsp3) is 0.774. The summed E-state index contributed by atoms with van der Waals surface area (Å²) in [5.41, 5.74) is 10.7. The molecule has 0 saturated carbocycles. The number of carboxylic acids is 1. The number of rotatable bonds is 19. The molecule has 1 aromatic carbocycles. The molecule has 0 fully saturated rings. The molecular formula is C31H55N3O6Si. The van der Waals surface area contributed by atoms with E-state index < -0.39 is 32.4 Å². The number of hydrogen-bond donors (Lipinski definition) is 1. The molecule has 1 aromatic rings. The third kappa shape index (κ3) is 11.9. The molecular weight excluding hydrogens is 538 g/mol. The van der Waals surface area contributed by atoms with E-state index in [1.807, 2.05) is 32.0 Å². The summed E-state index contributed by atoms with van der Waals surface area (Å²) >= 11 is 0. The maximum Gasteiger partial charge on any atom is 0.306 e. The van der Waals surface area contributed by atoms with Crippen LogP contribution < -0.4 is 9.47 Å². The van der Waals surface area contributed by atoms with E-state index in [0.717, 1.165) is 18.4 Å². The molecule has 0 saturated heterocycles. The topological polar surface area (TPSA) is 123 Å². The van der Waals surface area contributed by atoms with E-state index in [9.17, 15) is 15.4 Å². The van der Waals surface area contributed by atoms with Gasteiger partial charge in [0.25, 0.3) is 0 Å². The number of hydrogen-bond acceptors (Lipinski definition) is 6. The van der Waals surface area contributed by atoms with Gasteiger partial charge in [-0.3, -0.25) is 4.79 Å². The van der Waals surface area contributed by atoms with Gasteiger partial charge in [0, 0.05) is 25.0 Å². The Kier molecular flexibility index (Phi) is 15.2. The van der Waals surface area contributed by atoms with Crippen molar-refractivity contribution in [3.8, 4) is 11.5 Å². The molecule has 0 spiro atoms.